The first kappa shape index (κ1) is 104. The molecule has 4 aliphatic heterocycles. The number of alkyl halides is 3. The summed E-state index contributed by atoms with van der Waals surface area (Å²) in [6.07, 6.45) is -5.63. The van der Waals surface area contributed by atoms with Crippen LogP contribution in [-0.2, 0) is 70.3 Å². The lowest BCUT2D eigenvalue weighted by atomic mass is 10.1. The molecule has 9 heterocycles. The third kappa shape index (κ3) is 23.9. The predicted molar refractivity (Wildman–Crippen MR) is 502 cm³/mol. The first-order valence-corrected chi connectivity index (χ1v) is 44.4. The Kier molecular flexibility index (Phi) is 36.4. The molecule has 5 aromatic heterocycles. The first-order chi connectivity index (χ1) is 62.8. The first-order valence-electron chi connectivity index (χ1n) is 44.0. The monoisotopic (exact) mass is 1860 g/mol. The van der Waals surface area contributed by atoms with Crippen molar-refractivity contribution in [2.24, 2.45) is 0 Å². The Bertz CT molecular complexity index is 5490. The van der Waals surface area contributed by atoms with Gasteiger partial charge in [-0.3, -0.25) is 37.4 Å². The van der Waals surface area contributed by atoms with Crippen molar-refractivity contribution in [3.05, 3.63) is 158 Å². The predicted octanol–water partition coefficient (Wildman–Crippen LogP) is 12.2. The largest absolute Gasteiger partial charge is 0.497 e. The zero-order chi connectivity index (χ0) is 97.2. The molecule has 132 heavy (non-hydrogen) atoms. The minimum Gasteiger partial charge on any atom is -0.497 e. The molecule has 36 nitrogen and oxygen atoms in total. The molecule has 4 aliphatic rings. The van der Waals surface area contributed by atoms with Crippen LogP contribution in [0.3, 0.4) is 0 Å². The van der Waals surface area contributed by atoms with Crippen molar-refractivity contribution in [2.45, 2.75) is 185 Å². The molecule has 12 rings (SSSR count). The molecule has 8 atom stereocenters. The van der Waals surface area contributed by atoms with E-state index in [-0.39, 0.29) is 94.4 Å². The van der Waals surface area contributed by atoms with Gasteiger partial charge in [-0.2, -0.15) is 13.2 Å². The summed E-state index contributed by atoms with van der Waals surface area (Å²) >= 11 is 6.16. The van der Waals surface area contributed by atoms with E-state index in [1.807, 2.05) is 164 Å². The molecular formula is C92H127ClF3N19O17. The highest BCUT2D eigenvalue weighted by Gasteiger charge is 2.43. The number of hydrogen-bond donors (Lipinski definition) is 4. The minimum atomic E-state index is -4.54. The second-order valence-corrected chi connectivity index (χ2v) is 32.7. The number of likely N-dealkylation sites (tertiary alicyclic amines) is 4. The van der Waals surface area contributed by atoms with E-state index in [0.717, 1.165) is 62.8 Å². The number of anilines is 6. The van der Waals surface area contributed by atoms with Crippen LogP contribution >= 0.6 is 11.6 Å². The summed E-state index contributed by atoms with van der Waals surface area (Å²) < 4.78 is 93.3. The molecular weight excluding hydrogens is 1740 g/mol. The maximum atomic E-state index is 13.5. The Labute approximate surface area is 772 Å². The number of halogens is 4. The van der Waals surface area contributed by atoms with Gasteiger partial charge in [0.1, 0.15) is 57.6 Å². The molecule has 40 heteroatoms. The maximum Gasteiger partial charge on any atom is 0.416 e. The summed E-state index contributed by atoms with van der Waals surface area (Å²) in [5.74, 6) is 3.62. The summed E-state index contributed by atoms with van der Waals surface area (Å²) in [6, 6.07) is 15.6. The van der Waals surface area contributed by atoms with Crippen LogP contribution in [0.4, 0.5) is 66.6 Å². The fourth-order valence-corrected chi connectivity index (χ4v) is 16.7. The van der Waals surface area contributed by atoms with Gasteiger partial charge < -0.3 is 93.3 Å². The summed E-state index contributed by atoms with van der Waals surface area (Å²) in [5, 5.41) is 13.0. The summed E-state index contributed by atoms with van der Waals surface area (Å²) in [6.45, 7) is 34.6. The Morgan fingerprint density at radius 3 is 0.977 bits per heavy atom. The van der Waals surface area contributed by atoms with Crippen LogP contribution < -0.4 is 58.0 Å². The molecule has 720 valence electrons. The van der Waals surface area contributed by atoms with Gasteiger partial charge in [0.2, 0.25) is 0 Å². The third-order valence-corrected chi connectivity index (χ3v) is 23.6. The number of benzene rings is 3. The van der Waals surface area contributed by atoms with E-state index in [1.165, 1.54) is 44.0 Å². The zero-order valence-electron chi connectivity index (χ0n) is 79.9. The normalized spacial score (nSPS) is 18.0. The number of nitrogens with zero attached hydrogens (tertiary/aromatic N) is 15. The van der Waals surface area contributed by atoms with Crippen molar-refractivity contribution in [2.75, 3.05) is 174 Å². The van der Waals surface area contributed by atoms with Crippen LogP contribution in [0, 0.1) is 48.5 Å². The van der Waals surface area contributed by atoms with Crippen molar-refractivity contribution >= 4 is 70.2 Å². The molecule has 0 radical (unpaired) electrons. The molecule has 0 bridgehead atoms. The van der Waals surface area contributed by atoms with Crippen molar-refractivity contribution in [1.82, 2.24) is 62.8 Å². The van der Waals surface area contributed by atoms with E-state index in [4.69, 9.17) is 69.2 Å². The van der Waals surface area contributed by atoms with Gasteiger partial charge in [-0.15, -0.1) is 0 Å². The third-order valence-electron chi connectivity index (χ3n) is 23.3. The Balaban J connectivity index is 0.000000198. The number of aryl methyl sites for hydroxylation is 7. The topological polar surface area (TPSA) is 371 Å². The lowest BCUT2D eigenvalue weighted by Crippen LogP contribution is -2.38. The van der Waals surface area contributed by atoms with Gasteiger partial charge in [-0.25, -0.2) is 44.1 Å². The number of amides is 4. The van der Waals surface area contributed by atoms with Crippen LogP contribution in [0.5, 0.6) is 5.75 Å². The van der Waals surface area contributed by atoms with Crippen molar-refractivity contribution < 1.29 is 75.0 Å². The number of nitrogens with one attached hydrogen (secondary N) is 4. The standard InChI is InChI=1S/C24H35N5O4.C23H34N6O4.C23H32N4O5.C22H26ClF3N4O4/c1-8-29-22(18-11-10-17(27(5)6)12-15(18)3)25-16(4)21(23(29)30)26-19-13-28(24(31)32-7)14-20(19)33-9-2;1-8-29-21(16-11-24-19(27(5)6)10-14(16)3)25-15(4)20(22(29)30)26-17-12-28(23(31)32-7)13-18(17)33-9-2;1-7-27-21(17-10-9-16(30-5)11-14(17)3)24-15(4)20(22(27)28)25-18-12-26(23(29)31-6)13-19(18)32-8-2;1-5-30-19(14-8-7-13(9-15(14)23)22(24,25)26)27-12(3)18(20(30)31)28-16-10-29(21(32)33-4)11-17(16)34-6-2/h10-12,19-20,26H,8-9,13-14H2,1-7H3;10-11,17-18,26H,8-9,12-13H2,1-7H3;9-11,18-19,25H,7-8,12-13H2,1-6H3;7-9,16-17,28H,5-6,10-11H2,1-4H3/t19?,20-;17?,18-;18?,19-;16?,17-/m0000/s1. The van der Waals surface area contributed by atoms with Crippen molar-refractivity contribution in [1.29, 1.82) is 0 Å². The van der Waals surface area contributed by atoms with Gasteiger partial charge in [-0.05, 0) is 181 Å². The lowest BCUT2D eigenvalue weighted by molar-refractivity contribution is -0.137. The van der Waals surface area contributed by atoms with Gasteiger partial charge >= 0.3 is 30.5 Å². The molecule has 3 aromatic carbocycles. The maximum absolute atomic E-state index is 13.5. The number of rotatable bonds is 27. The molecule has 4 N–H and O–H groups in total. The summed E-state index contributed by atoms with van der Waals surface area (Å²) in [7, 11) is 14.9. The highest BCUT2D eigenvalue weighted by molar-refractivity contribution is 6.33. The van der Waals surface area contributed by atoms with Crippen LogP contribution in [0.25, 0.3) is 45.6 Å². The average Bonchev–Trinajstić information content (AvgIpc) is 0.990. The number of carbonyl (C=O) groups is 4. The second-order valence-electron chi connectivity index (χ2n) is 32.3. The number of aromatic nitrogens is 9. The summed E-state index contributed by atoms with van der Waals surface area (Å²) in [5.41, 5.74) is 8.82. The fourth-order valence-electron chi connectivity index (χ4n) is 16.4. The highest BCUT2D eigenvalue weighted by Crippen LogP contribution is 2.37. The van der Waals surface area contributed by atoms with Crippen LogP contribution in [0.1, 0.15) is 100 Å². The quantitative estimate of drug-likeness (QED) is 0.0347. The molecule has 4 fully saturated rings. The fraction of sp³-hybridized carbons (Fsp3) is 0.533. The molecule has 4 amide bonds. The van der Waals surface area contributed by atoms with Crippen molar-refractivity contribution in [3.8, 4) is 51.3 Å². The Hall–Kier alpha value is -12.1. The molecule has 8 aromatic rings. The van der Waals surface area contributed by atoms with Gasteiger partial charge in [-0.1, -0.05) is 11.6 Å². The molecule has 0 spiro atoms. The molecule has 4 saturated heterocycles. The molecule has 4 unspecified atom stereocenters. The zero-order valence-corrected chi connectivity index (χ0v) is 80.7. The number of carbonyl (C=O) groups excluding carboxylic acids is 4. The van der Waals surface area contributed by atoms with E-state index in [2.05, 4.69) is 37.3 Å². The van der Waals surface area contributed by atoms with Gasteiger partial charge in [0.05, 0.1) is 144 Å². The van der Waals surface area contributed by atoms with Crippen LogP contribution in [-0.4, -0.2) is 278 Å². The number of pyridine rings is 1. The average molecular weight is 1860 g/mol. The SMILES string of the molecule is CCO[C@H]1CN(C(=O)OC)CC1Nc1c(C)nc(-c2ccc(C(F)(F)F)cc2Cl)n(CC)c1=O.CCO[C@H]1CN(C(=O)OC)CC1Nc1c(C)nc(-c2ccc(N(C)C)cc2C)n(CC)c1=O.CCO[C@H]1CN(C(=O)OC)CC1Nc1c(C)nc(-c2ccc(OC)cc2C)n(CC)c1=O.CCO[C@H]1CN(C(=O)OC)CC1Nc1c(C)nc(-c2cnc(N(C)C)cc2C)n(CC)c1=O. The summed E-state index contributed by atoms with van der Waals surface area (Å²) in [4.78, 5) is 136. The highest BCUT2D eigenvalue weighted by atomic mass is 35.5. The van der Waals surface area contributed by atoms with E-state index in [1.54, 1.807) is 55.6 Å². The van der Waals surface area contributed by atoms with E-state index in [0.29, 0.717) is 149 Å². The van der Waals surface area contributed by atoms with E-state index in [9.17, 15) is 51.5 Å². The van der Waals surface area contributed by atoms with E-state index < -0.39 is 47.7 Å². The number of ether oxygens (including phenoxy) is 9. The molecule has 0 saturated carbocycles. The lowest BCUT2D eigenvalue weighted by Gasteiger charge is -2.23. The van der Waals surface area contributed by atoms with Crippen LogP contribution in [0.2, 0.25) is 5.02 Å². The second kappa shape index (κ2) is 46.3. The number of methoxy groups -OCH3 is 5. The number of hydrogen-bond acceptors (Lipinski definition) is 28. The Morgan fingerprint density at radius 1 is 0.409 bits per heavy atom. The van der Waals surface area contributed by atoms with Gasteiger partial charge in [0.25, 0.3) is 22.2 Å². The minimum absolute atomic E-state index is 0.136. The van der Waals surface area contributed by atoms with Gasteiger partial charge in [0, 0.05) is 141 Å². The van der Waals surface area contributed by atoms with Gasteiger partial charge in [0.15, 0.2) is 0 Å². The Morgan fingerprint density at radius 2 is 0.712 bits per heavy atom. The van der Waals surface area contributed by atoms with E-state index >= 15 is 0 Å². The smallest absolute Gasteiger partial charge is 0.416 e. The van der Waals surface area contributed by atoms with Crippen molar-refractivity contribution in [3.63, 3.8) is 0 Å². The molecule has 0 aliphatic carbocycles. The van der Waals surface area contributed by atoms with Crippen LogP contribution in [0.15, 0.2) is 86.0 Å².